The summed E-state index contributed by atoms with van der Waals surface area (Å²) in [5, 5.41) is 3.45. The zero-order valence-electron chi connectivity index (χ0n) is 10.2. The van der Waals surface area contributed by atoms with Crippen LogP contribution in [0, 0.1) is 17.7 Å². The number of hydrogen-bond donors (Lipinski definition) is 1. The summed E-state index contributed by atoms with van der Waals surface area (Å²) in [6, 6.07) is 7.69. The van der Waals surface area contributed by atoms with E-state index < -0.39 is 0 Å². The molecule has 3 rings (SSSR count). The molecule has 1 N–H and O–H groups in total. The summed E-state index contributed by atoms with van der Waals surface area (Å²) in [4.78, 5) is 2.43. The lowest BCUT2D eigenvalue weighted by molar-refractivity contribution is 0.228. The lowest BCUT2D eigenvalue weighted by atomic mass is 9.95. The Kier molecular flexibility index (Phi) is 2.89. The molecule has 2 saturated heterocycles. The maximum Gasteiger partial charge on any atom is 0.127 e. The highest BCUT2D eigenvalue weighted by Crippen LogP contribution is 2.33. The van der Waals surface area contributed by atoms with E-state index in [1.807, 2.05) is 12.1 Å². The van der Waals surface area contributed by atoms with E-state index in [0.717, 1.165) is 43.6 Å². The fraction of sp³-hybridized carbons (Fsp3) is 0.571. The number of likely N-dealkylation sites (tertiary alicyclic amines) is 1. The van der Waals surface area contributed by atoms with Crippen molar-refractivity contribution in [3.63, 3.8) is 0 Å². The molecular formula is C14H19FN2. The van der Waals surface area contributed by atoms with Gasteiger partial charge in [-0.3, -0.25) is 4.90 Å². The topological polar surface area (TPSA) is 15.3 Å². The lowest BCUT2D eigenvalue weighted by Gasteiger charge is -2.24. The Morgan fingerprint density at radius 1 is 1.35 bits per heavy atom. The van der Waals surface area contributed by atoms with Crippen molar-refractivity contribution in [2.75, 3.05) is 19.6 Å². The van der Waals surface area contributed by atoms with Crippen molar-refractivity contribution in [2.45, 2.75) is 19.5 Å². The molecular weight excluding hydrogens is 215 g/mol. The summed E-state index contributed by atoms with van der Waals surface area (Å²) in [6.45, 7) is 6.38. The molecule has 0 aromatic heterocycles. The fourth-order valence-electron chi connectivity index (χ4n) is 3.31. The Hall–Kier alpha value is -0.930. The number of benzene rings is 1. The third kappa shape index (κ3) is 1.98. The van der Waals surface area contributed by atoms with Gasteiger partial charge in [0.05, 0.1) is 0 Å². The average molecular weight is 234 g/mol. The Morgan fingerprint density at radius 2 is 2.18 bits per heavy atom. The average Bonchev–Trinajstić information content (AvgIpc) is 2.87. The number of halogens is 1. The molecule has 3 heteroatoms. The van der Waals surface area contributed by atoms with Gasteiger partial charge in [0, 0.05) is 24.7 Å². The van der Waals surface area contributed by atoms with Gasteiger partial charge in [0.25, 0.3) is 0 Å². The van der Waals surface area contributed by atoms with Crippen molar-refractivity contribution < 1.29 is 4.39 Å². The second-order valence-corrected chi connectivity index (χ2v) is 5.34. The van der Waals surface area contributed by atoms with Crippen molar-refractivity contribution >= 4 is 0 Å². The van der Waals surface area contributed by atoms with E-state index in [9.17, 15) is 4.39 Å². The highest BCUT2D eigenvalue weighted by atomic mass is 19.1. The van der Waals surface area contributed by atoms with Crippen molar-refractivity contribution in [2.24, 2.45) is 11.8 Å². The molecule has 1 aromatic rings. The number of rotatable bonds is 2. The minimum atomic E-state index is -0.0742. The van der Waals surface area contributed by atoms with Crippen LogP contribution in [0.3, 0.4) is 0 Å². The van der Waals surface area contributed by atoms with Gasteiger partial charge >= 0.3 is 0 Å². The lowest BCUT2D eigenvalue weighted by Crippen LogP contribution is -2.33. The highest BCUT2D eigenvalue weighted by Gasteiger charge is 2.41. The SMILES string of the molecule is CC1C2CNCC2CN1Cc1ccccc1F. The van der Waals surface area contributed by atoms with E-state index in [0.29, 0.717) is 6.04 Å². The maximum absolute atomic E-state index is 13.6. The third-order valence-electron chi connectivity index (χ3n) is 4.39. The van der Waals surface area contributed by atoms with Crippen LogP contribution in [0.4, 0.5) is 4.39 Å². The Balaban J connectivity index is 1.73. The van der Waals surface area contributed by atoms with Crippen molar-refractivity contribution in [1.29, 1.82) is 0 Å². The van der Waals surface area contributed by atoms with E-state index in [4.69, 9.17) is 0 Å². The van der Waals surface area contributed by atoms with E-state index in [1.165, 1.54) is 0 Å². The predicted molar refractivity (Wildman–Crippen MR) is 66.1 cm³/mol. The third-order valence-corrected chi connectivity index (χ3v) is 4.39. The minimum absolute atomic E-state index is 0.0742. The highest BCUT2D eigenvalue weighted by molar-refractivity contribution is 5.17. The molecule has 2 aliphatic heterocycles. The number of fused-ring (bicyclic) bond motifs is 1. The van der Waals surface area contributed by atoms with Gasteiger partial charge in [0.15, 0.2) is 0 Å². The van der Waals surface area contributed by atoms with Crippen molar-refractivity contribution in [3.8, 4) is 0 Å². The predicted octanol–water partition coefficient (Wildman–Crippen LogP) is 1.87. The van der Waals surface area contributed by atoms with Gasteiger partial charge in [-0.15, -0.1) is 0 Å². The van der Waals surface area contributed by atoms with Crippen LogP contribution in [0.25, 0.3) is 0 Å². The van der Waals surface area contributed by atoms with Crippen LogP contribution < -0.4 is 5.32 Å². The van der Waals surface area contributed by atoms with Crippen LogP contribution in [0.5, 0.6) is 0 Å². The molecule has 17 heavy (non-hydrogen) atoms. The first-order chi connectivity index (χ1) is 8.25. The van der Waals surface area contributed by atoms with Gasteiger partial charge < -0.3 is 5.32 Å². The molecule has 0 spiro atoms. The largest absolute Gasteiger partial charge is 0.316 e. The van der Waals surface area contributed by atoms with Gasteiger partial charge in [-0.25, -0.2) is 4.39 Å². The van der Waals surface area contributed by atoms with Crippen LogP contribution in [-0.4, -0.2) is 30.6 Å². The molecule has 1 aromatic carbocycles. The fourth-order valence-corrected chi connectivity index (χ4v) is 3.31. The Labute approximate surface area is 102 Å². The minimum Gasteiger partial charge on any atom is -0.316 e. The van der Waals surface area contributed by atoms with Gasteiger partial charge in [-0.1, -0.05) is 18.2 Å². The van der Waals surface area contributed by atoms with E-state index in [-0.39, 0.29) is 5.82 Å². The monoisotopic (exact) mass is 234 g/mol. The molecule has 0 saturated carbocycles. The van der Waals surface area contributed by atoms with Crippen LogP contribution in [0.15, 0.2) is 24.3 Å². The molecule has 0 aliphatic carbocycles. The maximum atomic E-state index is 13.6. The van der Waals surface area contributed by atoms with Crippen LogP contribution in [-0.2, 0) is 6.54 Å². The summed E-state index contributed by atoms with van der Waals surface area (Å²) >= 11 is 0. The second-order valence-electron chi connectivity index (χ2n) is 5.34. The Morgan fingerprint density at radius 3 is 2.94 bits per heavy atom. The van der Waals surface area contributed by atoms with Gasteiger partial charge in [-0.05, 0) is 37.9 Å². The first-order valence-corrected chi connectivity index (χ1v) is 6.44. The first-order valence-electron chi connectivity index (χ1n) is 6.44. The molecule has 3 unspecified atom stereocenters. The summed E-state index contributed by atoms with van der Waals surface area (Å²) in [5.74, 6) is 1.44. The summed E-state index contributed by atoms with van der Waals surface area (Å²) < 4.78 is 13.6. The standard InChI is InChI=1S/C14H19FN2/c1-10-13-7-16-6-12(13)9-17(10)8-11-4-2-3-5-14(11)15/h2-5,10,12-13,16H,6-9H2,1H3. The quantitative estimate of drug-likeness (QED) is 0.840. The van der Waals surface area contributed by atoms with Crippen LogP contribution >= 0.6 is 0 Å². The van der Waals surface area contributed by atoms with Crippen LogP contribution in [0.1, 0.15) is 12.5 Å². The summed E-state index contributed by atoms with van der Waals surface area (Å²) in [6.07, 6.45) is 0. The molecule has 92 valence electrons. The summed E-state index contributed by atoms with van der Waals surface area (Å²) in [5.41, 5.74) is 0.826. The number of nitrogens with one attached hydrogen (secondary N) is 1. The zero-order chi connectivity index (χ0) is 11.8. The first kappa shape index (κ1) is 11.2. The van der Waals surface area contributed by atoms with E-state index >= 15 is 0 Å². The molecule has 2 aliphatic rings. The molecule has 0 radical (unpaired) electrons. The zero-order valence-corrected chi connectivity index (χ0v) is 10.2. The van der Waals surface area contributed by atoms with E-state index in [2.05, 4.69) is 17.1 Å². The van der Waals surface area contributed by atoms with Crippen LogP contribution in [0.2, 0.25) is 0 Å². The van der Waals surface area contributed by atoms with Crippen molar-refractivity contribution in [3.05, 3.63) is 35.6 Å². The van der Waals surface area contributed by atoms with Gasteiger partial charge in [0.1, 0.15) is 5.82 Å². The molecule has 2 nitrogen and oxygen atoms in total. The molecule has 0 amide bonds. The second kappa shape index (κ2) is 4.39. The van der Waals surface area contributed by atoms with Crippen molar-refractivity contribution in [1.82, 2.24) is 10.2 Å². The molecule has 3 atom stereocenters. The number of hydrogen-bond acceptors (Lipinski definition) is 2. The smallest absolute Gasteiger partial charge is 0.127 e. The number of nitrogens with zero attached hydrogens (tertiary/aromatic N) is 1. The Bertz CT molecular complexity index is 407. The van der Waals surface area contributed by atoms with E-state index in [1.54, 1.807) is 12.1 Å². The van der Waals surface area contributed by atoms with Gasteiger partial charge in [-0.2, -0.15) is 0 Å². The normalized spacial score (nSPS) is 32.9. The van der Waals surface area contributed by atoms with Gasteiger partial charge in [0.2, 0.25) is 0 Å². The molecule has 2 heterocycles. The molecule has 0 bridgehead atoms. The molecule has 2 fully saturated rings. The summed E-state index contributed by atoms with van der Waals surface area (Å²) in [7, 11) is 0.